The Morgan fingerprint density at radius 1 is 1.10 bits per heavy atom. The molecule has 2 N–H and O–H groups in total. The van der Waals surface area contributed by atoms with Crippen molar-refractivity contribution in [3.63, 3.8) is 0 Å². The van der Waals surface area contributed by atoms with Gasteiger partial charge in [-0.3, -0.25) is 18.5 Å². The zero-order chi connectivity index (χ0) is 37.8. The van der Waals surface area contributed by atoms with Gasteiger partial charge >= 0.3 is 11.4 Å². The topological polar surface area (TPSA) is 217 Å². The molecule has 1 aromatic rings. The summed E-state index contributed by atoms with van der Waals surface area (Å²) in [6.07, 6.45) is -2.67. The van der Waals surface area contributed by atoms with E-state index in [9.17, 15) is 32.3 Å². The highest BCUT2D eigenvalue weighted by atomic mass is 32.2. The first-order chi connectivity index (χ1) is 22.0. The van der Waals surface area contributed by atoms with Crippen molar-refractivity contribution >= 4 is 40.1 Å². The summed E-state index contributed by atoms with van der Waals surface area (Å²) in [5.41, 5.74) is 1.48. The molecule has 0 aromatic carbocycles. The summed E-state index contributed by atoms with van der Waals surface area (Å²) in [6, 6.07) is 0. The van der Waals surface area contributed by atoms with Gasteiger partial charge in [-0.05, 0) is 49.6 Å². The van der Waals surface area contributed by atoms with Gasteiger partial charge in [0.25, 0.3) is 15.7 Å². The van der Waals surface area contributed by atoms with E-state index in [1.807, 2.05) is 67.7 Å². The SMILES string of the molecule is COC(=O)P(=O)([O-])OCCCn1c(=O)c(C)cn([C@@H]2O[C@H](CO[Si](C)(C)C(C)(C)C)[C@@]3(OS(=O)(=O)C=C3N)[C@H]2O[Si](C)(C)C(C)(C)C)c1=O. The monoisotopic (exact) mass is 768 g/mol. The van der Waals surface area contributed by atoms with Crippen molar-refractivity contribution in [1.82, 2.24) is 9.13 Å². The molecule has 0 radical (unpaired) electrons. The van der Waals surface area contributed by atoms with Gasteiger partial charge in [0.1, 0.15) is 12.2 Å². The van der Waals surface area contributed by atoms with Crippen molar-refractivity contribution in [3.8, 4) is 0 Å². The number of rotatable bonds is 12. The molecule has 20 heteroatoms. The number of aryl methyl sites for hydroxylation is 1. The maximum absolute atomic E-state index is 14.1. The fourth-order valence-corrected chi connectivity index (χ4v) is 9.13. The highest BCUT2D eigenvalue weighted by molar-refractivity contribution is 7.90. The van der Waals surface area contributed by atoms with E-state index in [1.54, 1.807) is 0 Å². The Labute approximate surface area is 289 Å². The summed E-state index contributed by atoms with van der Waals surface area (Å²) in [7, 11) is -13.7. The Hall–Kier alpha value is -1.94. The molecule has 0 amide bonds. The summed E-state index contributed by atoms with van der Waals surface area (Å²) in [4.78, 5) is 50.7. The second-order valence-electron chi connectivity index (χ2n) is 15.4. The van der Waals surface area contributed by atoms with Crippen LogP contribution in [-0.4, -0.2) is 78.0 Å². The molecule has 3 rings (SSSR count). The van der Waals surface area contributed by atoms with Crippen molar-refractivity contribution in [1.29, 1.82) is 0 Å². The molecule has 1 spiro atoms. The van der Waals surface area contributed by atoms with Crippen LogP contribution in [0.15, 0.2) is 26.9 Å². The number of hydrogen-bond acceptors (Lipinski definition) is 14. The van der Waals surface area contributed by atoms with Crippen molar-refractivity contribution in [3.05, 3.63) is 43.7 Å². The number of aromatic nitrogens is 2. The van der Waals surface area contributed by atoms with Crippen LogP contribution in [0.4, 0.5) is 4.79 Å². The first kappa shape index (κ1) is 41.5. The summed E-state index contributed by atoms with van der Waals surface area (Å²) in [6.45, 7) is 20.5. The minimum absolute atomic E-state index is 0.123. The van der Waals surface area contributed by atoms with Gasteiger partial charge in [-0.25, -0.2) is 13.8 Å². The summed E-state index contributed by atoms with van der Waals surface area (Å²) in [5, 5.41) is 0.205. The summed E-state index contributed by atoms with van der Waals surface area (Å²) < 4.78 is 74.7. The second-order valence-corrected chi connectivity index (χ2v) is 28.0. The predicted molar refractivity (Wildman–Crippen MR) is 184 cm³/mol. The van der Waals surface area contributed by atoms with E-state index in [0.717, 1.165) is 21.7 Å². The molecule has 49 heavy (non-hydrogen) atoms. The van der Waals surface area contributed by atoms with Crippen LogP contribution in [0.3, 0.4) is 0 Å². The minimum Gasteiger partial charge on any atom is -0.770 e. The molecule has 16 nitrogen and oxygen atoms in total. The molecule has 5 atom stereocenters. The molecule has 1 aromatic heterocycles. The van der Waals surface area contributed by atoms with Crippen LogP contribution in [-0.2, 0) is 48.3 Å². The Kier molecular flexibility index (Phi) is 11.8. The van der Waals surface area contributed by atoms with Gasteiger partial charge in [0.2, 0.25) is 7.60 Å². The third-order valence-corrected chi connectivity index (χ3v) is 21.1. The molecule has 1 fully saturated rings. The van der Waals surface area contributed by atoms with Crippen molar-refractivity contribution < 1.29 is 49.7 Å². The fraction of sp³-hybridized carbons (Fsp3) is 0.759. The van der Waals surface area contributed by atoms with E-state index in [-0.39, 0.29) is 35.9 Å². The number of nitrogens with two attached hydrogens (primary N) is 1. The summed E-state index contributed by atoms with van der Waals surface area (Å²) in [5.74, 6) is 0. The molecule has 2 aliphatic rings. The van der Waals surface area contributed by atoms with Crippen LogP contribution < -0.4 is 21.9 Å². The maximum atomic E-state index is 14.1. The standard InChI is InChI=1S/C29H52N3O13PSSi2/c1-19-16-32(25(34)31(23(19)33)14-13-15-41-46(36,37)26(35)40-8)24-22(44-49(11,12)28(5,6)7)29(20(30)18-47(38,39)45-29)21(43-24)17-42-48(9,10)27(2,3)4/h16,18,21-22,24H,13-15,17,30H2,1-12H3,(H,36,37)/p-1/t21-,22+,24-,29-/m1/s1. The Balaban J connectivity index is 2.18. The lowest BCUT2D eigenvalue weighted by atomic mass is 9.89. The molecular weight excluding hydrogens is 718 g/mol. The smallest absolute Gasteiger partial charge is 0.376 e. The second kappa shape index (κ2) is 13.9. The lowest BCUT2D eigenvalue weighted by Gasteiger charge is -2.43. The molecule has 1 unspecified atom stereocenters. The number of carbonyl (C=O) groups is 1. The number of methoxy groups -OCH3 is 1. The van der Waals surface area contributed by atoms with E-state index < -0.39 is 87.0 Å². The maximum Gasteiger partial charge on any atom is 0.376 e. The van der Waals surface area contributed by atoms with Gasteiger partial charge in [-0.15, -0.1) is 0 Å². The van der Waals surface area contributed by atoms with E-state index in [1.165, 1.54) is 13.1 Å². The first-order valence-corrected chi connectivity index (χ1v) is 24.6. The number of hydrogen-bond donors (Lipinski definition) is 1. The Morgan fingerprint density at radius 3 is 2.16 bits per heavy atom. The van der Waals surface area contributed by atoms with Crippen molar-refractivity contribution in [2.45, 2.75) is 122 Å². The minimum atomic E-state index is -4.98. The van der Waals surface area contributed by atoms with E-state index in [4.69, 9.17) is 28.0 Å². The lowest BCUT2D eigenvalue weighted by molar-refractivity contribution is -0.195. The quantitative estimate of drug-likeness (QED) is 0.140. The van der Waals surface area contributed by atoms with E-state index >= 15 is 0 Å². The van der Waals surface area contributed by atoms with Crippen LogP contribution in [0.1, 0.15) is 59.8 Å². The molecule has 1 saturated heterocycles. The Bertz CT molecular complexity index is 1740. The van der Waals surface area contributed by atoms with Gasteiger partial charge in [-0.1, -0.05) is 41.5 Å². The van der Waals surface area contributed by atoms with Gasteiger partial charge in [0.15, 0.2) is 28.5 Å². The average molecular weight is 769 g/mol. The molecule has 2 aliphatic heterocycles. The zero-order valence-corrected chi connectivity index (χ0v) is 34.1. The summed E-state index contributed by atoms with van der Waals surface area (Å²) >= 11 is 0. The van der Waals surface area contributed by atoms with Gasteiger partial charge in [0.05, 0.1) is 31.4 Å². The Morgan fingerprint density at radius 2 is 1.67 bits per heavy atom. The third-order valence-electron chi connectivity index (χ3n) is 9.90. The van der Waals surface area contributed by atoms with Gasteiger partial charge in [0, 0.05) is 18.3 Å². The number of carbonyl (C=O) groups excluding carboxylic acids is 1. The molecule has 0 aliphatic carbocycles. The van der Waals surface area contributed by atoms with Crippen LogP contribution >= 0.6 is 7.60 Å². The van der Waals surface area contributed by atoms with Crippen molar-refractivity contribution in [2.75, 3.05) is 20.3 Å². The molecule has 3 heterocycles. The van der Waals surface area contributed by atoms with E-state index in [0.29, 0.717) is 0 Å². The molecular formula is C29H51N3O13PSSi2-. The largest absolute Gasteiger partial charge is 0.770 e. The van der Waals surface area contributed by atoms with Crippen LogP contribution in [0, 0.1) is 6.92 Å². The number of ether oxygens (including phenoxy) is 2. The predicted octanol–water partition coefficient (Wildman–Crippen LogP) is 3.25. The van der Waals surface area contributed by atoms with Crippen molar-refractivity contribution in [2.24, 2.45) is 5.73 Å². The lowest BCUT2D eigenvalue weighted by Crippen LogP contribution is -2.59. The highest BCUT2D eigenvalue weighted by Crippen LogP contribution is 2.52. The average Bonchev–Trinajstić information content (AvgIpc) is 3.37. The zero-order valence-electron chi connectivity index (χ0n) is 30.3. The van der Waals surface area contributed by atoms with Crippen LogP contribution in [0.2, 0.25) is 36.3 Å². The molecule has 280 valence electrons. The van der Waals surface area contributed by atoms with Crippen LogP contribution in [0.5, 0.6) is 0 Å². The van der Waals surface area contributed by atoms with Crippen LogP contribution in [0.25, 0.3) is 0 Å². The fourth-order valence-electron chi connectivity index (χ4n) is 4.92. The van der Waals surface area contributed by atoms with Gasteiger partial charge < -0.3 is 33.5 Å². The third kappa shape index (κ3) is 8.26. The normalized spacial score (nSPS) is 25.7. The highest BCUT2D eigenvalue weighted by Gasteiger charge is 2.67. The molecule has 0 saturated carbocycles. The van der Waals surface area contributed by atoms with Gasteiger partial charge in [-0.2, -0.15) is 8.42 Å². The first-order valence-electron chi connectivity index (χ1n) is 15.8. The molecule has 0 bridgehead atoms. The van der Waals surface area contributed by atoms with E-state index in [2.05, 4.69) is 4.74 Å². The number of nitrogens with zero attached hydrogens (tertiary/aromatic N) is 2.